The van der Waals surface area contributed by atoms with Crippen molar-refractivity contribution in [2.45, 2.75) is 65.0 Å². The van der Waals surface area contributed by atoms with E-state index < -0.39 is 5.60 Å². The third kappa shape index (κ3) is 9.27. The number of nitrogens with zero attached hydrogens (tertiary/aromatic N) is 3. The Labute approximate surface area is 202 Å². The lowest BCUT2D eigenvalue weighted by Gasteiger charge is -2.26. The highest BCUT2D eigenvalue weighted by Crippen LogP contribution is 2.16. The average Bonchev–Trinajstić information content (AvgIpc) is 2.77. The lowest BCUT2D eigenvalue weighted by molar-refractivity contribution is -0.216. The normalized spacial score (nSPS) is 11.7. The number of amides is 2. The van der Waals surface area contributed by atoms with E-state index in [2.05, 4.69) is 10.2 Å². The zero-order chi connectivity index (χ0) is 25.1. The van der Waals surface area contributed by atoms with Crippen LogP contribution in [0.2, 0.25) is 0 Å². The summed E-state index contributed by atoms with van der Waals surface area (Å²) in [5.41, 5.74) is 0.990. The average molecular weight is 473 g/mol. The molecule has 8 nitrogen and oxygen atoms in total. The quantitative estimate of drug-likeness (QED) is 0.259. The molecule has 1 aromatic carbocycles. The Bertz CT molecular complexity index is 994. The summed E-state index contributed by atoms with van der Waals surface area (Å²) in [6.45, 7) is 8.44. The zero-order valence-corrected chi connectivity index (χ0v) is 21.3. The summed E-state index contributed by atoms with van der Waals surface area (Å²) in [6, 6.07) is 8.82. The van der Waals surface area contributed by atoms with Gasteiger partial charge in [-0.2, -0.15) is 0 Å². The molecule has 0 unspecified atom stereocenters. The highest BCUT2D eigenvalue weighted by atomic mass is 16.7. The van der Waals surface area contributed by atoms with Gasteiger partial charge >= 0.3 is 0 Å². The number of carbonyl (C=O) groups is 2. The summed E-state index contributed by atoms with van der Waals surface area (Å²) in [6.07, 6.45) is 5.19. The van der Waals surface area contributed by atoms with E-state index >= 15 is 0 Å². The van der Waals surface area contributed by atoms with Gasteiger partial charge in [-0.15, -0.1) is 0 Å². The van der Waals surface area contributed by atoms with Crippen molar-refractivity contribution in [3.05, 3.63) is 46.2 Å². The first-order valence-corrected chi connectivity index (χ1v) is 12.1. The van der Waals surface area contributed by atoms with Crippen molar-refractivity contribution in [1.29, 1.82) is 0 Å². The van der Waals surface area contributed by atoms with Crippen molar-refractivity contribution in [3.8, 4) is 0 Å². The minimum Gasteiger partial charge on any atom is -0.352 e. The molecule has 2 aromatic rings. The molecule has 34 heavy (non-hydrogen) atoms. The molecule has 1 aromatic heterocycles. The van der Waals surface area contributed by atoms with Gasteiger partial charge < -0.3 is 14.8 Å². The maximum atomic E-state index is 12.5. The molecule has 2 amide bonds. The number of aromatic nitrogens is 1. The Morgan fingerprint density at radius 3 is 2.44 bits per heavy atom. The molecule has 0 bridgehead atoms. The second-order valence-corrected chi connectivity index (χ2v) is 9.87. The number of unbranched alkanes of at least 4 members (excludes halogenated alkanes) is 3. The van der Waals surface area contributed by atoms with Crippen LogP contribution in [0.1, 0.15) is 63.2 Å². The number of rotatable bonds is 14. The molecule has 8 heteroatoms. The van der Waals surface area contributed by atoms with Gasteiger partial charge in [0.2, 0.25) is 6.41 Å². The largest absolute Gasteiger partial charge is 0.352 e. The SMILES string of the molecule is CN(C)CCCNC(=O)c1ccc2c(ccc(=O)n2CCCCCCN(C=O)OC(C)(C)C)c1. The van der Waals surface area contributed by atoms with Crippen LogP contribution in [-0.4, -0.2) is 66.2 Å². The third-order valence-corrected chi connectivity index (χ3v) is 5.34. The van der Waals surface area contributed by atoms with Crippen molar-refractivity contribution in [3.63, 3.8) is 0 Å². The van der Waals surface area contributed by atoms with Crippen LogP contribution in [0, 0.1) is 0 Å². The van der Waals surface area contributed by atoms with Gasteiger partial charge in [0.1, 0.15) is 0 Å². The standard InChI is InChI=1S/C26H40N4O4/c1-26(2,3)34-29(20-31)17-8-6-7-9-18-30-23-13-11-22(19-21(23)12-14-24(30)32)25(33)27-15-10-16-28(4)5/h11-14,19-20H,6-10,15-18H2,1-5H3,(H,27,33). The monoisotopic (exact) mass is 472 g/mol. The number of fused-ring (bicyclic) bond motifs is 1. The Morgan fingerprint density at radius 2 is 1.76 bits per heavy atom. The number of benzene rings is 1. The molecule has 2 rings (SSSR count). The summed E-state index contributed by atoms with van der Waals surface area (Å²) in [5, 5.41) is 5.18. The summed E-state index contributed by atoms with van der Waals surface area (Å²) in [4.78, 5) is 43.8. The molecular formula is C26H40N4O4. The van der Waals surface area contributed by atoms with Gasteiger partial charge in [0.05, 0.1) is 11.1 Å². The molecule has 0 saturated carbocycles. The van der Waals surface area contributed by atoms with E-state index in [1.54, 1.807) is 22.8 Å². The third-order valence-electron chi connectivity index (χ3n) is 5.34. The van der Waals surface area contributed by atoms with E-state index in [9.17, 15) is 14.4 Å². The fraction of sp³-hybridized carbons (Fsp3) is 0.577. The molecular weight excluding hydrogens is 432 g/mol. The molecule has 1 N–H and O–H groups in total. The van der Waals surface area contributed by atoms with Crippen LogP contribution in [0.15, 0.2) is 35.1 Å². The number of carbonyl (C=O) groups excluding carboxylic acids is 2. The number of hydrogen-bond acceptors (Lipinski definition) is 5. The van der Waals surface area contributed by atoms with E-state index in [-0.39, 0.29) is 11.5 Å². The molecule has 1 heterocycles. The van der Waals surface area contributed by atoms with Gasteiger partial charge in [0, 0.05) is 31.3 Å². The summed E-state index contributed by atoms with van der Waals surface area (Å²) >= 11 is 0. The zero-order valence-electron chi connectivity index (χ0n) is 21.3. The van der Waals surface area contributed by atoms with E-state index in [0.29, 0.717) is 25.2 Å². The molecule has 0 aliphatic carbocycles. The highest BCUT2D eigenvalue weighted by molar-refractivity contribution is 5.97. The molecule has 0 radical (unpaired) electrons. The number of pyridine rings is 1. The highest BCUT2D eigenvalue weighted by Gasteiger charge is 2.15. The first-order chi connectivity index (χ1) is 16.1. The van der Waals surface area contributed by atoms with Crippen molar-refractivity contribution in [2.24, 2.45) is 0 Å². The lowest BCUT2D eigenvalue weighted by atomic mass is 10.1. The van der Waals surface area contributed by atoms with Gasteiger partial charge in [0.15, 0.2) is 0 Å². The summed E-state index contributed by atoms with van der Waals surface area (Å²) in [7, 11) is 4.02. The first kappa shape index (κ1) is 27.5. The van der Waals surface area contributed by atoms with Crippen LogP contribution < -0.4 is 10.9 Å². The Balaban J connectivity index is 1.89. The van der Waals surface area contributed by atoms with Gasteiger partial charge in [-0.1, -0.05) is 12.8 Å². The second-order valence-electron chi connectivity index (χ2n) is 9.87. The first-order valence-electron chi connectivity index (χ1n) is 12.1. The van der Waals surface area contributed by atoms with E-state index in [1.807, 2.05) is 47.0 Å². The molecule has 0 fully saturated rings. The smallest absolute Gasteiger partial charge is 0.251 e. The van der Waals surface area contributed by atoms with Crippen LogP contribution in [0.3, 0.4) is 0 Å². The second kappa shape index (κ2) is 13.2. The molecule has 0 saturated heterocycles. The summed E-state index contributed by atoms with van der Waals surface area (Å²) in [5.74, 6) is -0.0989. The number of hydroxylamine groups is 2. The van der Waals surface area contributed by atoms with E-state index in [4.69, 9.17) is 4.84 Å². The molecule has 0 aliphatic heterocycles. The van der Waals surface area contributed by atoms with Gasteiger partial charge in [-0.05, 0) is 90.3 Å². The van der Waals surface area contributed by atoms with Crippen LogP contribution in [0.25, 0.3) is 10.9 Å². The van der Waals surface area contributed by atoms with E-state index in [0.717, 1.165) is 56.0 Å². The van der Waals surface area contributed by atoms with Gasteiger partial charge in [0.25, 0.3) is 11.5 Å². The molecule has 0 atom stereocenters. The minimum atomic E-state index is -0.400. The predicted molar refractivity (Wildman–Crippen MR) is 136 cm³/mol. The summed E-state index contributed by atoms with van der Waals surface area (Å²) < 4.78 is 1.77. The Hall–Kier alpha value is -2.71. The molecule has 0 aliphatic rings. The molecule has 0 spiro atoms. The fourth-order valence-electron chi connectivity index (χ4n) is 3.74. The van der Waals surface area contributed by atoms with Crippen LogP contribution in [-0.2, 0) is 16.2 Å². The van der Waals surface area contributed by atoms with Crippen molar-refractivity contribution in [2.75, 3.05) is 33.7 Å². The van der Waals surface area contributed by atoms with Crippen molar-refractivity contribution >= 4 is 23.2 Å². The maximum absolute atomic E-state index is 12.5. The number of aryl methyl sites for hydroxylation is 1. The molecule has 188 valence electrons. The lowest BCUT2D eigenvalue weighted by Crippen LogP contribution is -2.33. The Morgan fingerprint density at radius 1 is 1.03 bits per heavy atom. The van der Waals surface area contributed by atoms with Crippen molar-refractivity contribution in [1.82, 2.24) is 19.8 Å². The maximum Gasteiger partial charge on any atom is 0.251 e. The number of nitrogens with one attached hydrogen (secondary N) is 1. The topological polar surface area (TPSA) is 83.9 Å². The van der Waals surface area contributed by atoms with Crippen LogP contribution >= 0.6 is 0 Å². The minimum absolute atomic E-state index is 0.0425. The van der Waals surface area contributed by atoms with Crippen LogP contribution in [0.5, 0.6) is 0 Å². The van der Waals surface area contributed by atoms with Crippen LogP contribution in [0.4, 0.5) is 0 Å². The number of hydrogen-bond donors (Lipinski definition) is 1. The van der Waals surface area contributed by atoms with E-state index in [1.165, 1.54) is 5.06 Å². The predicted octanol–water partition coefficient (Wildman–Crippen LogP) is 3.43. The fourth-order valence-corrected chi connectivity index (χ4v) is 3.74. The van der Waals surface area contributed by atoms with Gasteiger partial charge in [-0.3, -0.25) is 19.2 Å². The van der Waals surface area contributed by atoms with Gasteiger partial charge in [-0.25, -0.2) is 5.06 Å². The Kier molecular flexibility index (Phi) is 10.7. The van der Waals surface area contributed by atoms with Crippen molar-refractivity contribution < 1.29 is 14.4 Å².